The van der Waals surface area contributed by atoms with Crippen LogP contribution in [-0.4, -0.2) is 29.9 Å². The summed E-state index contributed by atoms with van der Waals surface area (Å²) >= 11 is 0. The molecule has 12 heavy (non-hydrogen) atoms. The topological polar surface area (TPSA) is 84.9 Å². The normalized spacial score (nSPS) is 18.8. The molecule has 1 atom stereocenters. The molecule has 0 radical (unpaired) electrons. The third kappa shape index (κ3) is 2.02. The number of nitrogens with zero attached hydrogens (tertiary/aromatic N) is 1. The van der Waals surface area contributed by atoms with Gasteiger partial charge in [0, 0.05) is 5.92 Å². The fourth-order valence-corrected chi connectivity index (χ4v) is 1.11. The van der Waals surface area contributed by atoms with Crippen LogP contribution in [0.3, 0.4) is 0 Å². The van der Waals surface area contributed by atoms with E-state index in [-0.39, 0.29) is 24.9 Å². The van der Waals surface area contributed by atoms with Gasteiger partial charge in [-0.05, 0) is 13.0 Å². The summed E-state index contributed by atoms with van der Waals surface area (Å²) in [6.07, 6.45) is 0.817. The average Bonchev–Trinajstić information content (AvgIpc) is 2.47. The number of carbonyl (C=O) groups excluding carboxylic acids is 1. The van der Waals surface area contributed by atoms with Gasteiger partial charge < -0.3 is 15.7 Å². The van der Waals surface area contributed by atoms with Crippen LogP contribution in [0.25, 0.3) is 0 Å². The van der Waals surface area contributed by atoms with E-state index in [1.165, 1.54) is 0 Å². The van der Waals surface area contributed by atoms with E-state index < -0.39 is 0 Å². The largest absolute Gasteiger partial charge is 0.396 e. The smallest absolute Gasteiger partial charge is 0.340 e. The van der Waals surface area contributed by atoms with Gasteiger partial charge in [-0.2, -0.15) is 0 Å². The lowest BCUT2D eigenvalue weighted by atomic mass is 9.98. The zero-order valence-electron chi connectivity index (χ0n) is 6.69. The Morgan fingerprint density at radius 2 is 2.50 bits per heavy atom. The van der Waals surface area contributed by atoms with Gasteiger partial charge in [-0.15, -0.1) is 0 Å². The Morgan fingerprint density at radius 3 is 2.92 bits per heavy atom. The van der Waals surface area contributed by atoms with E-state index >= 15 is 0 Å². The molecule has 0 aliphatic carbocycles. The summed E-state index contributed by atoms with van der Waals surface area (Å²) in [5.41, 5.74) is 5.92. The van der Waals surface area contributed by atoms with E-state index in [9.17, 15) is 4.79 Å². The fourth-order valence-electron chi connectivity index (χ4n) is 1.11. The second kappa shape index (κ2) is 4.18. The van der Waals surface area contributed by atoms with E-state index in [2.05, 4.69) is 9.99 Å². The van der Waals surface area contributed by atoms with Crippen LogP contribution in [0.4, 0.5) is 0 Å². The third-order valence-electron chi connectivity index (χ3n) is 1.80. The molecule has 1 aliphatic rings. The van der Waals surface area contributed by atoms with Crippen LogP contribution in [0.2, 0.25) is 0 Å². The molecule has 68 valence electrons. The molecule has 0 fully saturated rings. The highest BCUT2D eigenvalue weighted by molar-refractivity contribution is 6.03. The third-order valence-corrected chi connectivity index (χ3v) is 1.80. The number of aliphatic hydroxyl groups is 1. The van der Waals surface area contributed by atoms with Crippen LogP contribution in [0.5, 0.6) is 0 Å². The summed E-state index contributed by atoms with van der Waals surface area (Å²) in [6.45, 7) is 0.436. The molecule has 5 heteroatoms. The molecule has 0 aromatic heterocycles. The molecule has 0 saturated carbocycles. The van der Waals surface area contributed by atoms with Crippen molar-refractivity contribution in [2.24, 2.45) is 16.8 Å². The quantitative estimate of drug-likeness (QED) is 0.546. The van der Waals surface area contributed by atoms with Crippen LogP contribution < -0.4 is 5.73 Å². The number of hydrogen-bond donors (Lipinski definition) is 2. The highest BCUT2D eigenvalue weighted by atomic mass is 16.7. The Kier molecular flexibility index (Phi) is 3.19. The fraction of sp³-hybridized carbons (Fsp3) is 0.714. The van der Waals surface area contributed by atoms with Gasteiger partial charge in [0.15, 0.2) is 0 Å². The van der Waals surface area contributed by atoms with Gasteiger partial charge in [0.05, 0.1) is 18.7 Å². The van der Waals surface area contributed by atoms with Crippen molar-refractivity contribution in [3.63, 3.8) is 0 Å². The summed E-state index contributed by atoms with van der Waals surface area (Å²) < 4.78 is 0. The van der Waals surface area contributed by atoms with E-state index in [1.807, 2.05) is 0 Å². The maximum absolute atomic E-state index is 10.6. The predicted molar refractivity (Wildman–Crippen MR) is 42.4 cm³/mol. The Balaban J connectivity index is 2.49. The van der Waals surface area contributed by atoms with Gasteiger partial charge >= 0.3 is 5.97 Å². The molecular formula is C7H12N2O3. The van der Waals surface area contributed by atoms with Gasteiger partial charge in [0.2, 0.25) is 0 Å². The molecule has 0 bridgehead atoms. The van der Waals surface area contributed by atoms with Crippen molar-refractivity contribution in [3.8, 4) is 0 Å². The van der Waals surface area contributed by atoms with Gasteiger partial charge in [-0.25, -0.2) is 4.79 Å². The molecule has 0 aromatic rings. The van der Waals surface area contributed by atoms with Crippen LogP contribution in [0.15, 0.2) is 5.16 Å². The average molecular weight is 172 g/mol. The van der Waals surface area contributed by atoms with E-state index in [1.54, 1.807) is 0 Å². The maximum atomic E-state index is 10.6. The van der Waals surface area contributed by atoms with Gasteiger partial charge in [0.25, 0.3) is 0 Å². The SMILES string of the molecule is NCCC(CO)C1=NOC(=O)C1. The lowest BCUT2D eigenvalue weighted by molar-refractivity contribution is -0.140. The molecule has 1 heterocycles. The van der Waals surface area contributed by atoms with Crippen molar-refractivity contribution in [3.05, 3.63) is 0 Å². The lowest BCUT2D eigenvalue weighted by Gasteiger charge is -2.09. The molecule has 1 rings (SSSR count). The minimum atomic E-state index is -0.361. The molecule has 3 N–H and O–H groups in total. The summed E-state index contributed by atoms with van der Waals surface area (Å²) in [6, 6.07) is 0. The maximum Gasteiger partial charge on any atom is 0.340 e. The number of aliphatic hydroxyl groups excluding tert-OH is 1. The first-order chi connectivity index (χ1) is 5.77. The molecule has 0 amide bonds. The van der Waals surface area contributed by atoms with Crippen LogP contribution in [-0.2, 0) is 9.63 Å². The Labute approximate surface area is 70.2 Å². The first-order valence-electron chi connectivity index (χ1n) is 3.85. The molecule has 5 nitrogen and oxygen atoms in total. The highest BCUT2D eigenvalue weighted by Crippen LogP contribution is 2.13. The lowest BCUT2D eigenvalue weighted by Crippen LogP contribution is -2.21. The molecule has 0 spiro atoms. The van der Waals surface area contributed by atoms with Crippen LogP contribution in [0, 0.1) is 5.92 Å². The van der Waals surface area contributed by atoms with Gasteiger partial charge in [-0.1, -0.05) is 5.16 Å². The second-order valence-electron chi connectivity index (χ2n) is 2.68. The summed E-state index contributed by atoms with van der Waals surface area (Å²) in [5, 5.41) is 12.5. The zero-order chi connectivity index (χ0) is 8.97. The monoisotopic (exact) mass is 172 g/mol. The van der Waals surface area contributed by atoms with Crippen molar-refractivity contribution in [1.82, 2.24) is 0 Å². The molecule has 1 unspecified atom stereocenters. The Hall–Kier alpha value is -0.940. The highest BCUT2D eigenvalue weighted by Gasteiger charge is 2.24. The summed E-state index contributed by atoms with van der Waals surface area (Å²) in [4.78, 5) is 15.0. The van der Waals surface area contributed by atoms with Crippen molar-refractivity contribution >= 4 is 11.7 Å². The minimum Gasteiger partial charge on any atom is -0.396 e. The van der Waals surface area contributed by atoms with E-state index in [4.69, 9.17) is 10.8 Å². The first kappa shape index (κ1) is 9.15. The summed E-state index contributed by atoms with van der Waals surface area (Å²) in [5.74, 6) is -0.484. The van der Waals surface area contributed by atoms with Crippen molar-refractivity contribution in [2.45, 2.75) is 12.8 Å². The zero-order valence-corrected chi connectivity index (χ0v) is 6.69. The Bertz CT molecular complexity index is 203. The number of nitrogens with two attached hydrogens (primary N) is 1. The number of hydrogen-bond acceptors (Lipinski definition) is 5. The van der Waals surface area contributed by atoms with Crippen LogP contribution in [0.1, 0.15) is 12.8 Å². The van der Waals surface area contributed by atoms with E-state index in [0.717, 1.165) is 0 Å². The van der Waals surface area contributed by atoms with E-state index in [0.29, 0.717) is 18.7 Å². The molecule has 1 aliphatic heterocycles. The summed E-state index contributed by atoms with van der Waals surface area (Å²) in [7, 11) is 0. The molecule has 0 aromatic carbocycles. The predicted octanol–water partition coefficient (Wildman–Crippen LogP) is -0.753. The minimum absolute atomic E-state index is 0.0350. The number of carbonyl (C=O) groups is 1. The number of rotatable bonds is 4. The van der Waals surface area contributed by atoms with Gasteiger partial charge in [-0.3, -0.25) is 0 Å². The van der Waals surface area contributed by atoms with Crippen molar-refractivity contribution in [2.75, 3.05) is 13.2 Å². The molecule has 0 saturated heterocycles. The van der Waals surface area contributed by atoms with Crippen LogP contribution >= 0.6 is 0 Å². The second-order valence-corrected chi connectivity index (χ2v) is 2.68. The van der Waals surface area contributed by atoms with Crippen molar-refractivity contribution in [1.29, 1.82) is 0 Å². The standard InChI is InChI=1S/C7H12N2O3/c8-2-1-5(4-10)6-3-7(11)12-9-6/h5,10H,1-4,8H2. The first-order valence-corrected chi connectivity index (χ1v) is 3.85. The number of oxime groups is 1. The van der Waals surface area contributed by atoms with Gasteiger partial charge in [0.1, 0.15) is 0 Å². The Morgan fingerprint density at radius 1 is 1.75 bits per heavy atom. The molecular weight excluding hydrogens is 160 g/mol. The van der Waals surface area contributed by atoms with Crippen molar-refractivity contribution < 1.29 is 14.7 Å².